The van der Waals surface area contributed by atoms with E-state index in [0.717, 1.165) is 32.5 Å². The Morgan fingerprint density at radius 2 is 2.35 bits per heavy atom. The number of unbranched alkanes of at least 4 members (excludes halogenated alkanes) is 1. The Kier molecular flexibility index (Phi) is 6.01. The van der Waals surface area contributed by atoms with E-state index in [9.17, 15) is 4.79 Å². The normalized spacial score (nSPS) is 23.7. The minimum Gasteiger partial charge on any atom is -0.469 e. The molecule has 0 radical (unpaired) electrons. The Morgan fingerprint density at radius 1 is 1.50 bits per heavy atom. The van der Waals surface area contributed by atoms with Crippen molar-refractivity contribution in [3.63, 3.8) is 0 Å². The molecule has 20 heavy (non-hydrogen) atoms. The molecule has 1 aromatic heterocycles. The first kappa shape index (κ1) is 15.5. The molecule has 0 aromatic carbocycles. The van der Waals surface area contributed by atoms with Gasteiger partial charge in [-0.2, -0.15) is 11.3 Å². The number of methoxy groups -OCH3 is 1. The number of esters is 1. The van der Waals surface area contributed by atoms with Gasteiger partial charge in [0.2, 0.25) is 0 Å². The fourth-order valence-electron chi connectivity index (χ4n) is 2.57. The van der Waals surface area contributed by atoms with Crippen LogP contribution in [0.2, 0.25) is 0 Å². The lowest BCUT2D eigenvalue weighted by atomic mass is 10.1. The van der Waals surface area contributed by atoms with Crippen LogP contribution < -0.4 is 0 Å². The highest BCUT2D eigenvalue weighted by Crippen LogP contribution is 2.26. The maximum Gasteiger partial charge on any atom is 0.305 e. The fraction of sp³-hybridized carbons (Fsp3) is 0.667. The standard InChI is InChI=1S/C15H23NO3S/c1-12-9-16(7-4-3-5-15(17)18-2)10-14(19-12)13-6-8-20-11-13/h6,8,11-12,14H,3-5,7,9-10H2,1-2H3/t12-,14-/m0/s1. The largest absolute Gasteiger partial charge is 0.469 e. The van der Waals surface area contributed by atoms with Gasteiger partial charge in [-0.05, 0) is 48.7 Å². The summed E-state index contributed by atoms with van der Waals surface area (Å²) in [5, 5.41) is 4.26. The number of hydrogen-bond acceptors (Lipinski definition) is 5. The van der Waals surface area contributed by atoms with E-state index < -0.39 is 0 Å². The average molecular weight is 297 g/mol. The minimum atomic E-state index is -0.114. The van der Waals surface area contributed by atoms with E-state index in [2.05, 4.69) is 33.4 Å². The van der Waals surface area contributed by atoms with Crippen LogP contribution in [-0.2, 0) is 14.3 Å². The Morgan fingerprint density at radius 3 is 3.05 bits per heavy atom. The molecule has 2 atom stereocenters. The highest BCUT2D eigenvalue weighted by molar-refractivity contribution is 7.07. The third kappa shape index (κ3) is 4.58. The first-order valence-electron chi connectivity index (χ1n) is 7.15. The molecule has 1 aliphatic heterocycles. The van der Waals surface area contributed by atoms with Crippen molar-refractivity contribution >= 4 is 17.3 Å². The first-order valence-corrected chi connectivity index (χ1v) is 8.10. The number of morpholine rings is 1. The topological polar surface area (TPSA) is 38.8 Å². The predicted octanol–water partition coefficient (Wildman–Crippen LogP) is 2.85. The maximum atomic E-state index is 11.1. The number of rotatable bonds is 6. The quantitative estimate of drug-likeness (QED) is 0.598. The first-order chi connectivity index (χ1) is 9.69. The maximum absolute atomic E-state index is 11.1. The molecular formula is C15H23NO3S. The number of ether oxygens (including phenoxy) is 2. The lowest BCUT2D eigenvalue weighted by Gasteiger charge is -2.36. The number of thiophene rings is 1. The van der Waals surface area contributed by atoms with Gasteiger partial charge in [0.15, 0.2) is 0 Å². The molecule has 0 saturated carbocycles. The third-order valence-electron chi connectivity index (χ3n) is 3.58. The van der Waals surface area contributed by atoms with Gasteiger partial charge in [0, 0.05) is 19.5 Å². The van der Waals surface area contributed by atoms with E-state index in [1.165, 1.54) is 12.7 Å². The van der Waals surface area contributed by atoms with Crippen molar-refractivity contribution in [1.29, 1.82) is 0 Å². The summed E-state index contributed by atoms with van der Waals surface area (Å²) < 4.78 is 10.7. The van der Waals surface area contributed by atoms with E-state index >= 15 is 0 Å². The molecule has 1 saturated heterocycles. The van der Waals surface area contributed by atoms with Crippen molar-refractivity contribution < 1.29 is 14.3 Å². The van der Waals surface area contributed by atoms with Crippen LogP contribution >= 0.6 is 11.3 Å². The summed E-state index contributed by atoms with van der Waals surface area (Å²) in [6, 6.07) is 2.14. The van der Waals surface area contributed by atoms with Crippen molar-refractivity contribution in [2.75, 3.05) is 26.7 Å². The van der Waals surface area contributed by atoms with E-state index in [1.807, 2.05) is 0 Å². The molecule has 1 fully saturated rings. The molecule has 0 unspecified atom stereocenters. The summed E-state index contributed by atoms with van der Waals surface area (Å²) in [6.45, 7) is 5.06. The molecule has 1 aliphatic rings. The number of carbonyl (C=O) groups is 1. The summed E-state index contributed by atoms with van der Waals surface area (Å²) in [6.07, 6.45) is 2.88. The van der Waals surface area contributed by atoms with Gasteiger partial charge < -0.3 is 9.47 Å². The van der Waals surface area contributed by atoms with Gasteiger partial charge in [0.25, 0.3) is 0 Å². The molecule has 0 N–H and O–H groups in total. The molecule has 5 heteroatoms. The second kappa shape index (κ2) is 7.76. The van der Waals surface area contributed by atoms with Gasteiger partial charge in [0.1, 0.15) is 0 Å². The van der Waals surface area contributed by atoms with Crippen molar-refractivity contribution in [3.05, 3.63) is 22.4 Å². The lowest BCUT2D eigenvalue weighted by Crippen LogP contribution is -2.43. The zero-order valence-corrected chi connectivity index (χ0v) is 13.0. The summed E-state index contributed by atoms with van der Waals surface area (Å²) in [4.78, 5) is 13.5. The molecule has 112 valence electrons. The summed E-state index contributed by atoms with van der Waals surface area (Å²) >= 11 is 1.71. The molecular weight excluding hydrogens is 274 g/mol. The Labute approximate surface area is 124 Å². The summed E-state index contributed by atoms with van der Waals surface area (Å²) in [7, 11) is 1.44. The van der Waals surface area contributed by atoms with Crippen LogP contribution in [0.1, 0.15) is 37.9 Å². The van der Waals surface area contributed by atoms with Crippen molar-refractivity contribution in [1.82, 2.24) is 4.90 Å². The molecule has 2 heterocycles. The highest BCUT2D eigenvalue weighted by atomic mass is 32.1. The minimum absolute atomic E-state index is 0.114. The summed E-state index contributed by atoms with van der Waals surface area (Å²) in [5.74, 6) is -0.114. The van der Waals surface area contributed by atoms with Crippen molar-refractivity contribution in [3.8, 4) is 0 Å². The van der Waals surface area contributed by atoms with Gasteiger partial charge in [-0.25, -0.2) is 0 Å². The highest BCUT2D eigenvalue weighted by Gasteiger charge is 2.26. The van der Waals surface area contributed by atoms with Crippen LogP contribution in [0.25, 0.3) is 0 Å². The van der Waals surface area contributed by atoms with E-state index in [4.69, 9.17) is 4.74 Å². The Hall–Kier alpha value is -0.910. The van der Waals surface area contributed by atoms with Gasteiger partial charge >= 0.3 is 5.97 Å². The second-order valence-electron chi connectivity index (χ2n) is 5.28. The van der Waals surface area contributed by atoms with Crippen LogP contribution in [0.5, 0.6) is 0 Å². The summed E-state index contributed by atoms with van der Waals surface area (Å²) in [5.41, 5.74) is 1.28. The second-order valence-corrected chi connectivity index (χ2v) is 6.06. The van der Waals surface area contributed by atoms with Gasteiger partial charge in [-0.1, -0.05) is 0 Å². The van der Waals surface area contributed by atoms with Crippen molar-refractivity contribution in [2.24, 2.45) is 0 Å². The number of hydrogen-bond donors (Lipinski definition) is 0. The molecule has 0 amide bonds. The molecule has 0 bridgehead atoms. The van der Waals surface area contributed by atoms with E-state index in [1.54, 1.807) is 11.3 Å². The zero-order valence-electron chi connectivity index (χ0n) is 12.2. The van der Waals surface area contributed by atoms with Crippen LogP contribution in [-0.4, -0.2) is 43.7 Å². The van der Waals surface area contributed by atoms with E-state index in [0.29, 0.717) is 6.42 Å². The Balaban J connectivity index is 1.75. The van der Waals surface area contributed by atoms with Gasteiger partial charge in [0.05, 0.1) is 19.3 Å². The smallest absolute Gasteiger partial charge is 0.305 e. The lowest BCUT2D eigenvalue weighted by molar-refractivity contribution is -0.140. The fourth-order valence-corrected chi connectivity index (χ4v) is 3.27. The van der Waals surface area contributed by atoms with Crippen LogP contribution in [0.4, 0.5) is 0 Å². The molecule has 2 rings (SSSR count). The van der Waals surface area contributed by atoms with Crippen LogP contribution in [0.3, 0.4) is 0 Å². The van der Waals surface area contributed by atoms with Gasteiger partial charge in [-0.3, -0.25) is 9.69 Å². The molecule has 1 aromatic rings. The third-order valence-corrected chi connectivity index (χ3v) is 4.29. The Bertz CT molecular complexity index is 407. The van der Waals surface area contributed by atoms with Crippen molar-refractivity contribution in [2.45, 2.75) is 38.4 Å². The molecule has 4 nitrogen and oxygen atoms in total. The average Bonchev–Trinajstić information content (AvgIpc) is 2.97. The number of nitrogens with zero attached hydrogens (tertiary/aromatic N) is 1. The van der Waals surface area contributed by atoms with Gasteiger partial charge in [-0.15, -0.1) is 0 Å². The molecule has 0 aliphatic carbocycles. The van der Waals surface area contributed by atoms with Crippen LogP contribution in [0.15, 0.2) is 16.8 Å². The number of carbonyl (C=O) groups excluding carboxylic acids is 1. The monoisotopic (exact) mass is 297 g/mol. The SMILES string of the molecule is COC(=O)CCCCN1C[C@@H](c2ccsc2)O[C@@H](C)C1. The zero-order chi connectivity index (χ0) is 14.4. The van der Waals surface area contributed by atoms with E-state index in [-0.39, 0.29) is 18.2 Å². The van der Waals surface area contributed by atoms with Crippen LogP contribution in [0, 0.1) is 0 Å². The predicted molar refractivity (Wildman–Crippen MR) is 79.9 cm³/mol. The molecule has 0 spiro atoms.